The monoisotopic (exact) mass is 423 g/mol. The maximum Gasteiger partial charge on any atom is 0.289 e. The van der Waals surface area contributed by atoms with E-state index in [0.717, 1.165) is 13.0 Å². The largest absolute Gasteiger partial charge is 0.459 e. The van der Waals surface area contributed by atoms with Gasteiger partial charge < -0.3 is 19.5 Å². The first-order chi connectivity index (χ1) is 15.1. The number of carbonyl (C=O) groups is 3. The van der Waals surface area contributed by atoms with Gasteiger partial charge in [-0.25, -0.2) is 0 Å². The molecule has 0 unspecified atom stereocenters. The van der Waals surface area contributed by atoms with Gasteiger partial charge in [0.15, 0.2) is 5.76 Å². The van der Waals surface area contributed by atoms with Crippen molar-refractivity contribution >= 4 is 17.7 Å². The molecule has 3 heterocycles. The van der Waals surface area contributed by atoms with E-state index in [0.29, 0.717) is 57.6 Å². The Balaban J connectivity index is 1.13. The molecule has 1 fully saturated rings. The van der Waals surface area contributed by atoms with E-state index in [1.807, 2.05) is 17.0 Å². The van der Waals surface area contributed by atoms with Crippen molar-refractivity contribution in [1.29, 1.82) is 0 Å². The number of likely N-dealkylation sites (tertiary alicyclic amines) is 1. The molecule has 0 spiro atoms. The molecule has 0 radical (unpaired) electrons. The highest BCUT2D eigenvalue weighted by atomic mass is 16.3. The molecule has 1 N–H and O–H groups in total. The van der Waals surface area contributed by atoms with E-state index in [4.69, 9.17) is 4.42 Å². The lowest BCUT2D eigenvalue weighted by atomic mass is 9.95. The van der Waals surface area contributed by atoms with Crippen LogP contribution in [0.4, 0.5) is 0 Å². The standard InChI is InChI=1S/C24H29N3O4/c28-22(27-15-9-18-5-1-2-6-20(18)17-27)8-3-12-25-23(29)19-10-13-26(14-11-19)24(30)21-7-4-16-31-21/h1-2,4-7,16,19H,3,8-15,17H2,(H,25,29). The summed E-state index contributed by atoms with van der Waals surface area (Å²) in [6.45, 7) is 3.04. The molecule has 31 heavy (non-hydrogen) atoms. The Morgan fingerprint density at radius 1 is 0.968 bits per heavy atom. The zero-order valence-corrected chi connectivity index (χ0v) is 17.7. The third-order valence-corrected chi connectivity index (χ3v) is 6.23. The Bertz CT molecular complexity index is 917. The molecular formula is C24H29N3O4. The molecule has 0 atom stereocenters. The van der Waals surface area contributed by atoms with Crippen LogP contribution in [0.5, 0.6) is 0 Å². The smallest absolute Gasteiger partial charge is 0.289 e. The van der Waals surface area contributed by atoms with E-state index < -0.39 is 0 Å². The molecular weight excluding hydrogens is 394 g/mol. The summed E-state index contributed by atoms with van der Waals surface area (Å²) >= 11 is 0. The predicted molar refractivity (Wildman–Crippen MR) is 115 cm³/mol. The van der Waals surface area contributed by atoms with Crippen LogP contribution in [-0.4, -0.2) is 53.7 Å². The maximum atomic E-state index is 12.5. The van der Waals surface area contributed by atoms with Gasteiger partial charge >= 0.3 is 0 Å². The van der Waals surface area contributed by atoms with Crippen LogP contribution in [0, 0.1) is 5.92 Å². The minimum absolute atomic E-state index is 0.0180. The molecule has 3 amide bonds. The van der Waals surface area contributed by atoms with E-state index >= 15 is 0 Å². The third-order valence-electron chi connectivity index (χ3n) is 6.23. The van der Waals surface area contributed by atoms with Crippen LogP contribution in [0.3, 0.4) is 0 Å². The molecule has 1 aromatic heterocycles. The number of hydrogen-bond acceptors (Lipinski definition) is 4. The van der Waals surface area contributed by atoms with E-state index in [9.17, 15) is 14.4 Å². The van der Waals surface area contributed by atoms with Gasteiger partial charge in [0.1, 0.15) is 0 Å². The second kappa shape index (κ2) is 9.81. The first kappa shape index (κ1) is 21.2. The molecule has 7 heteroatoms. The molecule has 0 bridgehead atoms. The van der Waals surface area contributed by atoms with Crippen molar-refractivity contribution in [3.8, 4) is 0 Å². The molecule has 0 aliphatic carbocycles. The first-order valence-corrected chi connectivity index (χ1v) is 11.1. The Labute approximate surface area is 182 Å². The number of piperidine rings is 1. The van der Waals surface area contributed by atoms with Crippen LogP contribution in [0.25, 0.3) is 0 Å². The van der Waals surface area contributed by atoms with Crippen LogP contribution >= 0.6 is 0 Å². The topological polar surface area (TPSA) is 82.9 Å². The van der Waals surface area contributed by atoms with Gasteiger partial charge in [0.25, 0.3) is 5.91 Å². The van der Waals surface area contributed by atoms with Crippen LogP contribution in [-0.2, 0) is 22.6 Å². The summed E-state index contributed by atoms with van der Waals surface area (Å²) < 4.78 is 5.17. The molecule has 1 aromatic carbocycles. The summed E-state index contributed by atoms with van der Waals surface area (Å²) in [5.74, 6) is 0.292. The highest BCUT2D eigenvalue weighted by Crippen LogP contribution is 2.20. The van der Waals surface area contributed by atoms with Gasteiger partial charge in [-0.1, -0.05) is 24.3 Å². The minimum Gasteiger partial charge on any atom is -0.459 e. The summed E-state index contributed by atoms with van der Waals surface area (Å²) in [4.78, 5) is 40.9. The van der Waals surface area contributed by atoms with Crippen LogP contribution < -0.4 is 5.32 Å². The fraction of sp³-hybridized carbons (Fsp3) is 0.458. The normalized spacial score (nSPS) is 16.6. The molecule has 2 aliphatic heterocycles. The number of rotatable bonds is 6. The van der Waals surface area contributed by atoms with E-state index in [1.54, 1.807) is 17.0 Å². The number of carbonyl (C=O) groups excluding carboxylic acids is 3. The van der Waals surface area contributed by atoms with Crippen molar-refractivity contribution in [1.82, 2.24) is 15.1 Å². The fourth-order valence-electron chi connectivity index (χ4n) is 4.36. The molecule has 2 aliphatic rings. The Hall–Kier alpha value is -3.09. The van der Waals surface area contributed by atoms with Crippen LogP contribution in [0.2, 0.25) is 0 Å². The SMILES string of the molecule is O=C(NCCCC(=O)N1CCc2ccccc2C1)C1CCN(C(=O)c2ccco2)CC1. The minimum atomic E-state index is -0.122. The maximum absolute atomic E-state index is 12.5. The van der Waals surface area contributed by atoms with Crippen molar-refractivity contribution in [3.05, 3.63) is 59.5 Å². The van der Waals surface area contributed by atoms with Gasteiger partial charge in [-0.2, -0.15) is 0 Å². The highest BCUT2D eigenvalue weighted by molar-refractivity contribution is 5.91. The Morgan fingerprint density at radius 2 is 1.74 bits per heavy atom. The number of amides is 3. The van der Waals surface area contributed by atoms with Crippen molar-refractivity contribution < 1.29 is 18.8 Å². The molecule has 164 valence electrons. The van der Waals surface area contributed by atoms with Crippen molar-refractivity contribution in [3.63, 3.8) is 0 Å². The van der Waals surface area contributed by atoms with Gasteiger partial charge in [-0.15, -0.1) is 0 Å². The van der Waals surface area contributed by atoms with E-state index in [2.05, 4.69) is 17.4 Å². The highest BCUT2D eigenvalue weighted by Gasteiger charge is 2.28. The van der Waals surface area contributed by atoms with Gasteiger partial charge in [0, 0.05) is 45.1 Å². The predicted octanol–water partition coefficient (Wildman–Crippen LogP) is 2.61. The van der Waals surface area contributed by atoms with Gasteiger partial charge in [0.05, 0.1) is 6.26 Å². The summed E-state index contributed by atoms with van der Waals surface area (Å²) in [5, 5.41) is 2.97. The van der Waals surface area contributed by atoms with Crippen LogP contribution in [0.1, 0.15) is 47.4 Å². The summed E-state index contributed by atoms with van der Waals surface area (Å²) in [7, 11) is 0. The second-order valence-electron chi connectivity index (χ2n) is 8.27. The van der Waals surface area contributed by atoms with Gasteiger partial charge in [0.2, 0.25) is 11.8 Å². The third kappa shape index (κ3) is 5.16. The van der Waals surface area contributed by atoms with Crippen molar-refractivity contribution in [2.45, 2.75) is 38.6 Å². The number of furan rings is 1. The number of benzene rings is 1. The number of nitrogens with zero attached hydrogens (tertiary/aromatic N) is 2. The van der Waals surface area contributed by atoms with Crippen molar-refractivity contribution in [2.24, 2.45) is 5.92 Å². The number of nitrogens with one attached hydrogen (secondary N) is 1. The summed E-state index contributed by atoms with van der Waals surface area (Å²) in [6, 6.07) is 11.6. The molecule has 0 saturated carbocycles. The van der Waals surface area contributed by atoms with Crippen molar-refractivity contribution in [2.75, 3.05) is 26.2 Å². The zero-order valence-electron chi connectivity index (χ0n) is 17.7. The average Bonchev–Trinajstić information content (AvgIpc) is 3.36. The number of hydrogen-bond donors (Lipinski definition) is 1. The lowest BCUT2D eigenvalue weighted by Gasteiger charge is -2.31. The van der Waals surface area contributed by atoms with E-state index in [-0.39, 0.29) is 23.6 Å². The molecule has 7 nitrogen and oxygen atoms in total. The quantitative estimate of drug-likeness (QED) is 0.724. The summed E-state index contributed by atoms with van der Waals surface area (Å²) in [5.41, 5.74) is 2.56. The molecule has 1 saturated heterocycles. The first-order valence-electron chi connectivity index (χ1n) is 11.1. The lowest BCUT2D eigenvalue weighted by molar-refractivity contribution is -0.132. The van der Waals surface area contributed by atoms with E-state index in [1.165, 1.54) is 17.4 Å². The molecule has 2 aromatic rings. The number of fused-ring (bicyclic) bond motifs is 1. The molecule has 4 rings (SSSR count). The Kier molecular flexibility index (Phi) is 6.70. The fourth-order valence-corrected chi connectivity index (χ4v) is 4.36. The lowest BCUT2D eigenvalue weighted by Crippen LogP contribution is -2.43. The summed E-state index contributed by atoms with van der Waals surface area (Å²) in [6.07, 6.45) is 4.76. The second-order valence-corrected chi connectivity index (χ2v) is 8.27. The Morgan fingerprint density at radius 3 is 2.48 bits per heavy atom. The average molecular weight is 424 g/mol. The zero-order chi connectivity index (χ0) is 21.6. The van der Waals surface area contributed by atoms with Gasteiger partial charge in [-0.05, 0) is 48.9 Å². The van der Waals surface area contributed by atoms with Crippen LogP contribution in [0.15, 0.2) is 47.1 Å². The van der Waals surface area contributed by atoms with Gasteiger partial charge in [-0.3, -0.25) is 14.4 Å².